The molecule has 1 saturated carbocycles. The molecule has 1 aliphatic rings. The van der Waals surface area contributed by atoms with Crippen LogP contribution >= 0.6 is 0 Å². The second kappa shape index (κ2) is 7.99. The van der Waals surface area contributed by atoms with Crippen LogP contribution in [0, 0.1) is 0 Å². The van der Waals surface area contributed by atoms with Crippen LogP contribution in [0.5, 0.6) is 0 Å². The highest BCUT2D eigenvalue weighted by Gasteiger charge is 2.34. The Kier molecular flexibility index (Phi) is 6.96. The lowest BCUT2D eigenvalue weighted by Crippen LogP contribution is -2.52. The van der Waals surface area contributed by atoms with Crippen molar-refractivity contribution in [3.8, 4) is 0 Å². The third-order valence-electron chi connectivity index (χ3n) is 4.56. The van der Waals surface area contributed by atoms with Crippen LogP contribution in [-0.2, 0) is 9.53 Å². The highest BCUT2D eigenvalue weighted by molar-refractivity contribution is 5.80. The predicted octanol–water partition coefficient (Wildman–Crippen LogP) is 2.70. The molecule has 0 saturated heterocycles. The molecular formula is C16H32N2O2. The monoisotopic (exact) mass is 284 g/mol. The van der Waals surface area contributed by atoms with Gasteiger partial charge in [0.2, 0.25) is 0 Å². The molecule has 0 aromatic rings. The van der Waals surface area contributed by atoms with Crippen molar-refractivity contribution in [2.45, 2.75) is 83.3 Å². The minimum Gasteiger partial charge on any atom is -0.465 e. The Balaban J connectivity index is 2.55. The van der Waals surface area contributed by atoms with Crippen molar-refractivity contribution in [1.82, 2.24) is 4.90 Å². The molecule has 0 radical (unpaired) electrons. The van der Waals surface area contributed by atoms with E-state index in [2.05, 4.69) is 18.9 Å². The van der Waals surface area contributed by atoms with Crippen molar-refractivity contribution in [3.63, 3.8) is 0 Å². The lowest BCUT2D eigenvalue weighted by Gasteiger charge is -2.36. The number of nitrogens with zero attached hydrogens (tertiary/aromatic N) is 1. The quantitative estimate of drug-likeness (QED) is 0.602. The molecule has 1 fully saturated rings. The summed E-state index contributed by atoms with van der Waals surface area (Å²) in [7, 11) is 2.17. The summed E-state index contributed by atoms with van der Waals surface area (Å²) < 4.78 is 5.07. The summed E-state index contributed by atoms with van der Waals surface area (Å²) in [5, 5.41) is 0. The number of esters is 1. The second-order valence-corrected chi connectivity index (χ2v) is 6.50. The van der Waals surface area contributed by atoms with E-state index < -0.39 is 5.54 Å². The fourth-order valence-electron chi connectivity index (χ4n) is 3.16. The summed E-state index contributed by atoms with van der Waals surface area (Å²) in [6.07, 6.45) is 8.52. The van der Waals surface area contributed by atoms with Crippen molar-refractivity contribution in [2.75, 3.05) is 13.7 Å². The van der Waals surface area contributed by atoms with E-state index >= 15 is 0 Å². The van der Waals surface area contributed by atoms with E-state index in [1.165, 1.54) is 38.5 Å². The molecule has 0 amide bonds. The molecule has 1 aliphatic carbocycles. The second-order valence-electron chi connectivity index (χ2n) is 6.50. The van der Waals surface area contributed by atoms with E-state index in [4.69, 9.17) is 10.5 Å². The summed E-state index contributed by atoms with van der Waals surface area (Å²) in [5.74, 6) is -0.291. The van der Waals surface area contributed by atoms with Crippen LogP contribution in [0.3, 0.4) is 0 Å². The van der Waals surface area contributed by atoms with Gasteiger partial charge in [-0.15, -0.1) is 0 Å². The van der Waals surface area contributed by atoms with Gasteiger partial charge in [0.25, 0.3) is 0 Å². The maximum absolute atomic E-state index is 11.9. The van der Waals surface area contributed by atoms with Crippen LogP contribution in [0.25, 0.3) is 0 Å². The van der Waals surface area contributed by atoms with E-state index in [-0.39, 0.29) is 12.0 Å². The van der Waals surface area contributed by atoms with E-state index in [1.54, 1.807) is 6.92 Å². The molecule has 0 bridgehead atoms. The number of hydrogen-bond acceptors (Lipinski definition) is 4. The van der Waals surface area contributed by atoms with Gasteiger partial charge in [0, 0.05) is 12.1 Å². The van der Waals surface area contributed by atoms with Crippen molar-refractivity contribution in [1.29, 1.82) is 0 Å². The van der Waals surface area contributed by atoms with Crippen molar-refractivity contribution in [3.05, 3.63) is 0 Å². The average molecular weight is 284 g/mol. The molecule has 118 valence electrons. The Morgan fingerprint density at radius 3 is 2.40 bits per heavy atom. The van der Waals surface area contributed by atoms with Crippen LogP contribution in [-0.4, -0.2) is 42.1 Å². The number of nitrogens with two attached hydrogens (primary N) is 1. The third-order valence-corrected chi connectivity index (χ3v) is 4.56. The summed E-state index contributed by atoms with van der Waals surface area (Å²) >= 11 is 0. The summed E-state index contributed by atoms with van der Waals surface area (Å²) in [6.45, 7) is 6.14. The van der Waals surface area contributed by atoms with Gasteiger partial charge < -0.3 is 15.4 Å². The summed E-state index contributed by atoms with van der Waals surface area (Å²) in [5.41, 5.74) is 5.25. The summed E-state index contributed by atoms with van der Waals surface area (Å²) in [4.78, 5) is 14.3. The summed E-state index contributed by atoms with van der Waals surface area (Å²) in [6, 6.07) is 0.919. The van der Waals surface area contributed by atoms with E-state index in [9.17, 15) is 4.79 Å². The molecule has 4 heteroatoms. The number of ether oxygens (including phenoxy) is 1. The smallest absolute Gasteiger partial charge is 0.325 e. The van der Waals surface area contributed by atoms with Gasteiger partial charge in [-0.3, -0.25) is 4.79 Å². The van der Waals surface area contributed by atoms with Crippen LogP contribution in [0.2, 0.25) is 0 Å². The molecule has 2 atom stereocenters. The molecule has 0 heterocycles. The molecule has 0 aliphatic heterocycles. The third kappa shape index (κ3) is 5.06. The molecule has 2 unspecified atom stereocenters. The fourth-order valence-corrected chi connectivity index (χ4v) is 3.16. The van der Waals surface area contributed by atoms with Crippen LogP contribution in [0.4, 0.5) is 0 Å². The Hall–Kier alpha value is -0.610. The first-order valence-electron chi connectivity index (χ1n) is 8.06. The van der Waals surface area contributed by atoms with Gasteiger partial charge in [-0.1, -0.05) is 25.7 Å². The number of carbonyl (C=O) groups is 1. The Labute approximate surface area is 124 Å². The maximum atomic E-state index is 11.9. The standard InChI is InChI=1S/C16H32N2O2/c1-5-20-15(19)16(3,17)12-13(2)18(4)14-10-8-6-7-9-11-14/h13-14H,5-12,17H2,1-4H3. The first kappa shape index (κ1) is 17.4. The Morgan fingerprint density at radius 1 is 1.35 bits per heavy atom. The van der Waals surface area contributed by atoms with Gasteiger partial charge in [-0.25, -0.2) is 0 Å². The zero-order valence-electron chi connectivity index (χ0n) is 13.7. The SMILES string of the molecule is CCOC(=O)C(C)(N)CC(C)N(C)C1CCCCCC1. The lowest BCUT2D eigenvalue weighted by molar-refractivity contribution is -0.149. The van der Waals surface area contributed by atoms with Gasteiger partial charge in [0.1, 0.15) is 5.54 Å². The van der Waals surface area contributed by atoms with Gasteiger partial charge in [0.15, 0.2) is 0 Å². The van der Waals surface area contributed by atoms with Gasteiger partial charge in [-0.05, 0) is 47.1 Å². The van der Waals surface area contributed by atoms with Crippen LogP contribution < -0.4 is 5.73 Å². The molecule has 0 aromatic heterocycles. The molecule has 1 rings (SSSR count). The van der Waals surface area contributed by atoms with Crippen LogP contribution in [0.1, 0.15) is 65.7 Å². The number of hydrogen-bond donors (Lipinski definition) is 1. The zero-order chi connectivity index (χ0) is 15.2. The first-order valence-corrected chi connectivity index (χ1v) is 8.06. The van der Waals surface area contributed by atoms with Gasteiger partial charge >= 0.3 is 5.97 Å². The topological polar surface area (TPSA) is 55.6 Å². The minimum absolute atomic E-state index is 0.289. The highest BCUT2D eigenvalue weighted by Crippen LogP contribution is 2.24. The highest BCUT2D eigenvalue weighted by atomic mass is 16.5. The fraction of sp³-hybridized carbons (Fsp3) is 0.938. The molecule has 0 aromatic carbocycles. The molecule has 2 N–H and O–H groups in total. The molecule has 0 spiro atoms. The molecule has 20 heavy (non-hydrogen) atoms. The number of rotatable bonds is 6. The lowest BCUT2D eigenvalue weighted by atomic mass is 9.93. The molecular weight excluding hydrogens is 252 g/mol. The zero-order valence-corrected chi connectivity index (χ0v) is 13.7. The van der Waals surface area contributed by atoms with E-state index in [1.807, 2.05) is 6.92 Å². The van der Waals surface area contributed by atoms with E-state index in [0.29, 0.717) is 19.1 Å². The van der Waals surface area contributed by atoms with E-state index in [0.717, 1.165) is 0 Å². The maximum Gasteiger partial charge on any atom is 0.325 e. The van der Waals surface area contributed by atoms with Crippen molar-refractivity contribution < 1.29 is 9.53 Å². The normalized spacial score (nSPS) is 22.1. The molecule has 4 nitrogen and oxygen atoms in total. The van der Waals surface area contributed by atoms with Gasteiger partial charge in [-0.2, -0.15) is 0 Å². The van der Waals surface area contributed by atoms with Crippen LogP contribution in [0.15, 0.2) is 0 Å². The van der Waals surface area contributed by atoms with Crippen molar-refractivity contribution >= 4 is 5.97 Å². The Morgan fingerprint density at radius 2 is 1.90 bits per heavy atom. The first-order chi connectivity index (χ1) is 9.38. The minimum atomic E-state index is -0.894. The van der Waals surface area contributed by atoms with Crippen molar-refractivity contribution in [2.24, 2.45) is 5.73 Å². The number of carbonyl (C=O) groups excluding carboxylic acids is 1. The average Bonchev–Trinajstić information content (AvgIpc) is 2.66. The Bertz CT molecular complexity index is 297. The van der Waals surface area contributed by atoms with Gasteiger partial charge in [0.05, 0.1) is 6.61 Å². The largest absolute Gasteiger partial charge is 0.465 e. The predicted molar refractivity (Wildman–Crippen MR) is 82.6 cm³/mol.